The topological polar surface area (TPSA) is 110 Å². The number of rotatable bonds is 6. The molecule has 2 aromatic rings. The van der Waals surface area contributed by atoms with Crippen LogP contribution in [0.3, 0.4) is 0 Å². The summed E-state index contributed by atoms with van der Waals surface area (Å²) in [7, 11) is -6.56. The van der Waals surface area contributed by atoms with Gasteiger partial charge in [0.05, 0.1) is 18.6 Å². The zero-order valence-corrected chi connectivity index (χ0v) is 17.0. The number of hydrogen-bond donors (Lipinski definition) is 1. The van der Waals surface area contributed by atoms with Gasteiger partial charge < -0.3 is 4.74 Å². The van der Waals surface area contributed by atoms with E-state index < -0.39 is 32.0 Å². The van der Waals surface area contributed by atoms with Crippen LogP contribution in [0.1, 0.15) is 24.9 Å². The van der Waals surface area contributed by atoms with Crippen molar-refractivity contribution >= 4 is 31.6 Å². The minimum Gasteiger partial charge on any atom is -0.495 e. The fourth-order valence-electron chi connectivity index (χ4n) is 2.98. The highest BCUT2D eigenvalue weighted by Crippen LogP contribution is 2.33. The maximum atomic E-state index is 13.0. The Morgan fingerprint density at radius 1 is 1.14 bits per heavy atom. The lowest BCUT2D eigenvalue weighted by Crippen LogP contribution is -2.30. The molecule has 1 aliphatic heterocycles. The van der Waals surface area contributed by atoms with Crippen molar-refractivity contribution in [2.75, 3.05) is 17.2 Å². The highest BCUT2D eigenvalue weighted by molar-refractivity contribution is 7.94. The van der Waals surface area contributed by atoms with Gasteiger partial charge in [-0.25, -0.2) is 25.9 Å². The van der Waals surface area contributed by atoms with Gasteiger partial charge in [-0.15, -0.1) is 0 Å². The van der Waals surface area contributed by atoms with Gasteiger partial charge in [0.2, 0.25) is 26.0 Å². The number of nitrogens with zero attached hydrogens (tertiary/aromatic N) is 1. The predicted octanol–water partition coefficient (Wildman–Crippen LogP) is 1.80. The first-order chi connectivity index (χ1) is 13.2. The highest BCUT2D eigenvalue weighted by Gasteiger charge is 2.37. The third-order valence-corrected chi connectivity index (χ3v) is 7.63. The van der Waals surface area contributed by atoms with E-state index in [0.29, 0.717) is 4.31 Å². The van der Waals surface area contributed by atoms with Crippen LogP contribution < -0.4 is 13.8 Å². The monoisotopic (exact) mass is 424 g/mol. The summed E-state index contributed by atoms with van der Waals surface area (Å²) in [5, 5.41) is 0. The summed E-state index contributed by atoms with van der Waals surface area (Å²) >= 11 is 0. The number of amides is 1. The van der Waals surface area contributed by atoms with Crippen molar-refractivity contribution in [1.82, 2.24) is 4.72 Å². The molecular formula is C18H20N2O6S2. The average molecular weight is 425 g/mol. The molecule has 0 saturated carbocycles. The molecule has 1 amide bonds. The van der Waals surface area contributed by atoms with Crippen molar-refractivity contribution in [1.29, 1.82) is 0 Å². The van der Waals surface area contributed by atoms with Crippen LogP contribution in [0.15, 0.2) is 53.4 Å². The molecule has 150 valence electrons. The van der Waals surface area contributed by atoms with Gasteiger partial charge in [-0.05, 0) is 30.7 Å². The number of sulfonamides is 2. The smallest absolute Gasteiger partial charge is 0.244 e. The maximum Gasteiger partial charge on any atom is 0.244 e. The van der Waals surface area contributed by atoms with Gasteiger partial charge in [0.25, 0.3) is 0 Å². The Morgan fingerprint density at radius 3 is 2.39 bits per heavy atom. The van der Waals surface area contributed by atoms with Gasteiger partial charge in [-0.1, -0.05) is 30.3 Å². The van der Waals surface area contributed by atoms with Gasteiger partial charge in [0, 0.05) is 12.5 Å². The summed E-state index contributed by atoms with van der Waals surface area (Å²) in [5.74, 6) is -0.858. The Bertz CT molecular complexity index is 1100. The van der Waals surface area contributed by atoms with Crippen molar-refractivity contribution < 1.29 is 26.4 Å². The lowest BCUT2D eigenvalue weighted by molar-refractivity contribution is -0.116. The molecule has 1 unspecified atom stereocenters. The van der Waals surface area contributed by atoms with E-state index in [2.05, 4.69) is 4.72 Å². The second-order valence-electron chi connectivity index (χ2n) is 6.31. The molecule has 3 rings (SSSR count). The molecule has 0 aliphatic carbocycles. The summed E-state index contributed by atoms with van der Waals surface area (Å²) in [6.07, 6.45) is -0.139. The van der Waals surface area contributed by atoms with Crippen molar-refractivity contribution in [2.45, 2.75) is 24.3 Å². The van der Waals surface area contributed by atoms with Crippen LogP contribution in [0.5, 0.6) is 5.75 Å². The molecule has 0 bridgehead atoms. The van der Waals surface area contributed by atoms with Crippen molar-refractivity contribution in [3.05, 3.63) is 54.1 Å². The van der Waals surface area contributed by atoms with Crippen LogP contribution in [-0.4, -0.2) is 35.6 Å². The molecule has 1 N–H and O–H groups in total. The van der Waals surface area contributed by atoms with E-state index in [1.807, 2.05) is 6.07 Å². The highest BCUT2D eigenvalue weighted by atomic mass is 32.2. The lowest BCUT2D eigenvalue weighted by atomic mass is 10.1. The Kier molecular flexibility index (Phi) is 5.46. The number of methoxy groups -OCH3 is 1. The van der Waals surface area contributed by atoms with Gasteiger partial charge in [-0.3, -0.25) is 4.79 Å². The van der Waals surface area contributed by atoms with Gasteiger partial charge in [0.1, 0.15) is 10.6 Å². The second-order valence-corrected chi connectivity index (χ2v) is 9.93. The van der Waals surface area contributed by atoms with Gasteiger partial charge in [0.15, 0.2) is 0 Å². The van der Waals surface area contributed by atoms with Crippen molar-refractivity contribution in [3.63, 3.8) is 0 Å². The van der Waals surface area contributed by atoms with E-state index in [1.54, 1.807) is 31.2 Å². The largest absolute Gasteiger partial charge is 0.495 e. The van der Waals surface area contributed by atoms with Crippen molar-refractivity contribution in [2.24, 2.45) is 0 Å². The molecule has 8 nitrogen and oxygen atoms in total. The van der Waals surface area contributed by atoms with E-state index in [-0.39, 0.29) is 28.5 Å². The standard InChI is InChI=1S/C18H20N2O6S2/c1-13(14-6-4-3-5-7-14)19-28(24,25)17-12-15(8-9-16(17)26-2)20-18(21)10-11-27(20,22)23/h3-9,12-13,19H,10-11H2,1-2H3. The lowest BCUT2D eigenvalue weighted by Gasteiger charge is -2.19. The first-order valence-corrected chi connectivity index (χ1v) is 11.6. The number of anilines is 1. The minimum atomic E-state index is -4.07. The molecule has 1 heterocycles. The van der Waals surface area contributed by atoms with Crippen LogP contribution in [0.2, 0.25) is 0 Å². The van der Waals surface area contributed by atoms with Crippen LogP contribution in [0.4, 0.5) is 5.69 Å². The van der Waals surface area contributed by atoms with E-state index >= 15 is 0 Å². The third-order valence-electron chi connectivity index (χ3n) is 4.38. The average Bonchev–Trinajstić information content (AvgIpc) is 2.94. The molecule has 10 heteroatoms. The van der Waals surface area contributed by atoms with Gasteiger partial charge >= 0.3 is 0 Å². The minimum absolute atomic E-state index is 0.0314. The number of ether oxygens (including phenoxy) is 1. The van der Waals surface area contributed by atoms with Gasteiger partial charge in [-0.2, -0.15) is 0 Å². The number of carbonyl (C=O) groups excluding carboxylic acids is 1. The zero-order chi connectivity index (χ0) is 20.5. The Labute approximate surface area is 164 Å². The van der Waals surface area contributed by atoms with Crippen LogP contribution in [-0.2, 0) is 24.8 Å². The molecule has 1 fully saturated rings. The molecule has 28 heavy (non-hydrogen) atoms. The van der Waals surface area contributed by atoms with E-state index in [4.69, 9.17) is 4.74 Å². The van der Waals surface area contributed by atoms with Crippen LogP contribution >= 0.6 is 0 Å². The quantitative estimate of drug-likeness (QED) is 0.757. The first-order valence-electron chi connectivity index (χ1n) is 8.47. The number of hydrogen-bond acceptors (Lipinski definition) is 6. The summed E-state index contributed by atoms with van der Waals surface area (Å²) in [6.45, 7) is 1.69. The summed E-state index contributed by atoms with van der Waals surface area (Å²) in [4.78, 5) is 11.8. The summed E-state index contributed by atoms with van der Waals surface area (Å²) in [5.41, 5.74) is 0.731. The van der Waals surface area contributed by atoms with E-state index in [9.17, 15) is 21.6 Å². The fraction of sp³-hybridized carbons (Fsp3) is 0.278. The fourth-order valence-corrected chi connectivity index (χ4v) is 5.85. The molecule has 0 spiro atoms. The molecule has 1 atom stereocenters. The number of carbonyl (C=O) groups is 1. The Hall–Kier alpha value is -2.43. The molecule has 2 aromatic carbocycles. The SMILES string of the molecule is COc1ccc(N2C(=O)CCS2(=O)=O)cc1S(=O)(=O)NC(C)c1ccccc1. The third kappa shape index (κ3) is 3.89. The van der Waals surface area contributed by atoms with Crippen LogP contribution in [0.25, 0.3) is 0 Å². The van der Waals surface area contributed by atoms with E-state index in [1.165, 1.54) is 19.2 Å². The van der Waals surface area contributed by atoms with Crippen molar-refractivity contribution in [3.8, 4) is 5.75 Å². The molecule has 1 saturated heterocycles. The van der Waals surface area contributed by atoms with E-state index in [0.717, 1.165) is 11.6 Å². The maximum absolute atomic E-state index is 13.0. The molecule has 0 radical (unpaired) electrons. The van der Waals surface area contributed by atoms with Crippen LogP contribution in [0, 0.1) is 0 Å². The molecule has 1 aliphatic rings. The summed E-state index contributed by atoms with van der Waals surface area (Å²) < 4.78 is 58.6. The first kappa shape index (κ1) is 20.3. The molecular weight excluding hydrogens is 404 g/mol. The Balaban J connectivity index is 2.01. The predicted molar refractivity (Wildman–Crippen MR) is 104 cm³/mol. The number of nitrogens with one attached hydrogen (secondary N) is 1. The summed E-state index contributed by atoms with van der Waals surface area (Å²) in [6, 6.07) is 12.3. The number of benzene rings is 2. The second kappa shape index (κ2) is 7.53. The molecule has 0 aromatic heterocycles. The zero-order valence-electron chi connectivity index (χ0n) is 15.3. The Morgan fingerprint density at radius 2 is 1.82 bits per heavy atom. The normalized spacial score (nSPS) is 17.5.